The van der Waals surface area contributed by atoms with E-state index in [2.05, 4.69) is 10.0 Å². The molecular formula is C23H27FN6O3S. The van der Waals surface area contributed by atoms with Gasteiger partial charge >= 0.3 is 0 Å². The van der Waals surface area contributed by atoms with Gasteiger partial charge in [0.2, 0.25) is 17.2 Å². The van der Waals surface area contributed by atoms with Crippen molar-refractivity contribution in [2.24, 2.45) is 5.73 Å². The van der Waals surface area contributed by atoms with Gasteiger partial charge in [-0.3, -0.25) is 9.35 Å². The van der Waals surface area contributed by atoms with Crippen LogP contribution < -0.4 is 15.8 Å². The first-order valence-corrected chi connectivity index (χ1v) is 11.9. The van der Waals surface area contributed by atoms with Gasteiger partial charge in [0.15, 0.2) is 0 Å². The number of anilines is 2. The molecule has 2 heterocycles. The Balaban J connectivity index is 1.78. The molecule has 1 amide bonds. The fraction of sp³-hybridized carbons (Fsp3) is 0.304. The standard InChI is InChI=1S/C23H27FN6O3S/c1-23(2)22-28-20(16-6-8-17(24)9-7-16)21(29(22)10-11-30(23)19(31)13-25)27-18-5-3-4-15(12-18)14-26-34(32)33/h3-9,12,26-27H,10-11,13-14,25H2,1-2H3,(H,32,33). The van der Waals surface area contributed by atoms with Crippen molar-refractivity contribution in [3.05, 3.63) is 65.7 Å². The molecule has 0 saturated carbocycles. The first-order valence-electron chi connectivity index (χ1n) is 10.8. The molecule has 9 nitrogen and oxygen atoms in total. The maximum Gasteiger partial charge on any atom is 0.237 e. The quantitative estimate of drug-likeness (QED) is 0.381. The van der Waals surface area contributed by atoms with Crippen LogP contribution in [-0.4, -0.2) is 42.2 Å². The van der Waals surface area contributed by atoms with E-state index in [0.717, 1.165) is 16.8 Å². The van der Waals surface area contributed by atoms with Crippen LogP contribution in [0.15, 0.2) is 48.5 Å². The summed E-state index contributed by atoms with van der Waals surface area (Å²) < 4.78 is 38.1. The van der Waals surface area contributed by atoms with Gasteiger partial charge in [0, 0.05) is 30.9 Å². The van der Waals surface area contributed by atoms with Crippen molar-refractivity contribution < 1.29 is 17.9 Å². The van der Waals surface area contributed by atoms with Crippen LogP contribution in [-0.2, 0) is 34.7 Å². The van der Waals surface area contributed by atoms with E-state index in [1.54, 1.807) is 17.0 Å². The zero-order chi connectivity index (χ0) is 24.5. The lowest BCUT2D eigenvalue weighted by Crippen LogP contribution is -2.53. The highest BCUT2D eigenvalue weighted by molar-refractivity contribution is 7.77. The number of imidazole rings is 1. The Morgan fingerprint density at radius 3 is 2.65 bits per heavy atom. The number of rotatable bonds is 7. The number of aromatic nitrogens is 2. The van der Waals surface area contributed by atoms with Gasteiger partial charge in [-0.25, -0.2) is 18.3 Å². The molecule has 3 aromatic rings. The molecule has 2 aromatic carbocycles. The van der Waals surface area contributed by atoms with Gasteiger partial charge in [-0.05, 0) is 55.8 Å². The fourth-order valence-corrected chi connectivity index (χ4v) is 4.55. The van der Waals surface area contributed by atoms with E-state index in [9.17, 15) is 13.4 Å². The molecule has 1 aliphatic heterocycles. The van der Waals surface area contributed by atoms with Crippen molar-refractivity contribution >= 4 is 28.7 Å². The van der Waals surface area contributed by atoms with E-state index >= 15 is 0 Å². The van der Waals surface area contributed by atoms with Crippen LogP contribution in [0.1, 0.15) is 25.2 Å². The number of hydrogen-bond donors (Lipinski definition) is 4. The number of carbonyl (C=O) groups excluding carboxylic acids is 1. The molecule has 34 heavy (non-hydrogen) atoms. The molecule has 4 rings (SSSR count). The number of amides is 1. The number of nitrogens with zero attached hydrogens (tertiary/aromatic N) is 3. The third-order valence-electron chi connectivity index (χ3n) is 5.92. The van der Waals surface area contributed by atoms with Crippen LogP contribution in [0.25, 0.3) is 11.3 Å². The Morgan fingerprint density at radius 2 is 1.97 bits per heavy atom. The minimum atomic E-state index is -2.11. The predicted molar refractivity (Wildman–Crippen MR) is 129 cm³/mol. The van der Waals surface area contributed by atoms with Gasteiger partial charge < -0.3 is 20.5 Å². The largest absolute Gasteiger partial charge is 0.340 e. The van der Waals surface area contributed by atoms with Gasteiger partial charge in [0.25, 0.3) is 0 Å². The number of halogens is 1. The highest BCUT2D eigenvalue weighted by Gasteiger charge is 2.41. The van der Waals surface area contributed by atoms with Crippen molar-refractivity contribution in [3.63, 3.8) is 0 Å². The molecule has 1 atom stereocenters. The Bertz CT molecular complexity index is 1230. The summed E-state index contributed by atoms with van der Waals surface area (Å²) in [5, 5.41) is 3.43. The van der Waals surface area contributed by atoms with Crippen molar-refractivity contribution in [3.8, 4) is 11.3 Å². The molecule has 1 aliphatic rings. The fourth-order valence-electron chi connectivity index (χ4n) is 4.26. The minimum Gasteiger partial charge on any atom is -0.340 e. The number of carbonyl (C=O) groups is 1. The summed E-state index contributed by atoms with van der Waals surface area (Å²) in [6, 6.07) is 13.5. The molecule has 0 spiro atoms. The number of hydrogen-bond acceptors (Lipinski definition) is 5. The number of nitrogens with one attached hydrogen (secondary N) is 2. The highest BCUT2D eigenvalue weighted by Crippen LogP contribution is 2.39. The van der Waals surface area contributed by atoms with E-state index in [1.165, 1.54) is 12.1 Å². The molecule has 180 valence electrons. The normalized spacial score (nSPS) is 15.6. The van der Waals surface area contributed by atoms with Gasteiger partial charge in [-0.15, -0.1) is 0 Å². The van der Waals surface area contributed by atoms with E-state index in [0.29, 0.717) is 30.4 Å². The zero-order valence-electron chi connectivity index (χ0n) is 18.9. The van der Waals surface area contributed by atoms with E-state index in [4.69, 9.17) is 15.3 Å². The third-order valence-corrected chi connectivity index (χ3v) is 6.31. The summed E-state index contributed by atoms with van der Waals surface area (Å²) in [7, 11) is 0. The van der Waals surface area contributed by atoms with Crippen LogP contribution in [0.4, 0.5) is 15.9 Å². The molecule has 0 bridgehead atoms. The van der Waals surface area contributed by atoms with Crippen LogP contribution in [0.3, 0.4) is 0 Å². The second-order valence-corrected chi connectivity index (χ2v) is 9.28. The van der Waals surface area contributed by atoms with Gasteiger partial charge in [-0.2, -0.15) is 0 Å². The van der Waals surface area contributed by atoms with E-state index in [1.807, 2.05) is 42.7 Å². The lowest BCUT2D eigenvalue weighted by Gasteiger charge is -2.42. The molecule has 5 N–H and O–H groups in total. The van der Waals surface area contributed by atoms with Gasteiger partial charge in [0.05, 0.1) is 12.1 Å². The number of benzene rings is 2. The monoisotopic (exact) mass is 486 g/mol. The maximum atomic E-state index is 13.6. The van der Waals surface area contributed by atoms with Gasteiger partial charge in [0.1, 0.15) is 23.2 Å². The van der Waals surface area contributed by atoms with Crippen molar-refractivity contribution in [1.82, 2.24) is 19.2 Å². The molecule has 11 heteroatoms. The first kappa shape index (κ1) is 24.0. The zero-order valence-corrected chi connectivity index (χ0v) is 19.7. The Morgan fingerprint density at radius 1 is 1.24 bits per heavy atom. The van der Waals surface area contributed by atoms with Crippen molar-refractivity contribution in [2.75, 3.05) is 18.4 Å². The van der Waals surface area contributed by atoms with E-state index in [-0.39, 0.29) is 24.8 Å². The van der Waals surface area contributed by atoms with Crippen LogP contribution in [0.2, 0.25) is 0 Å². The number of fused-ring (bicyclic) bond motifs is 1. The average molecular weight is 487 g/mol. The summed E-state index contributed by atoms with van der Waals surface area (Å²) in [6.45, 7) is 4.97. The van der Waals surface area contributed by atoms with Crippen LogP contribution >= 0.6 is 0 Å². The number of nitrogens with two attached hydrogens (primary N) is 1. The van der Waals surface area contributed by atoms with Crippen molar-refractivity contribution in [2.45, 2.75) is 32.5 Å². The third kappa shape index (κ3) is 4.73. The maximum absolute atomic E-state index is 13.6. The second-order valence-electron chi connectivity index (χ2n) is 8.50. The SMILES string of the molecule is CC1(C)c2nc(-c3ccc(F)cc3)c(Nc3cccc(CNS(=O)O)c3)n2CCN1C(=O)CN. The predicted octanol–water partition coefficient (Wildman–Crippen LogP) is 2.70. The summed E-state index contributed by atoms with van der Waals surface area (Å²) in [6.07, 6.45) is 0. The van der Waals surface area contributed by atoms with Gasteiger partial charge in [-0.1, -0.05) is 12.1 Å². The minimum absolute atomic E-state index is 0.0838. The van der Waals surface area contributed by atoms with Crippen LogP contribution in [0, 0.1) is 5.82 Å². The second kappa shape index (κ2) is 9.63. The lowest BCUT2D eigenvalue weighted by molar-refractivity contribution is -0.137. The Hall–Kier alpha value is -3.12. The Labute approximate surface area is 199 Å². The lowest BCUT2D eigenvalue weighted by atomic mass is 9.99. The average Bonchev–Trinajstić information content (AvgIpc) is 3.17. The summed E-state index contributed by atoms with van der Waals surface area (Å²) >= 11 is -2.11. The smallest absolute Gasteiger partial charge is 0.237 e. The highest BCUT2D eigenvalue weighted by atomic mass is 32.2. The molecule has 0 aliphatic carbocycles. The molecule has 0 fully saturated rings. The summed E-state index contributed by atoms with van der Waals surface area (Å²) in [5.74, 6) is 0.906. The topological polar surface area (TPSA) is 126 Å². The molecule has 1 unspecified atom stereocenters. The first-order chi connectivity index (χ1) is 16.2. The van der Waals surface area contributed by atoms with Crippen molar-refractivity contribution in [1.29, 1.82) is 0 Å². The molecule has 0 saturated heterocycles. The summed E-state index contributed by atoms with van der Waals surface area (Å²) in [5.41, 5.74) is 7.86. The molecular weight excluding hydrogens is 459 g/mol. The molecule has 0 radical (unpaired) electrons. The Kier molecular flexibility index (Phi) is 6.80. The summed E-state index contributed by atoms with van der Waals surface area (Å²) in [4.78, 5) is 19.1. The van der Waals surface area contributed by atoms with E-state index < -0.39 is 16.8 Å². The van der Waals surface area contributed by atoms with Crippen LogP contribution in [0.5, 0.6) is 0 Å². The molecule has 1 aromatic heterocycles.